The predicted octanol–water partition coefficient (Wildman–Crippen LogP) is 3.75. The van der Waals surface area contributed by atoms with Gasteiger partial charge in [-0.1, -0.05) is 58.3 Å². The Kier molecular flexibility index (Phi) is 13.2. The van der Waals surface area contributed by atoms with Gasteiger partial charge in [-0.2, -0.15) is 0 Å². The van der Waals surface area contributed by atoms with Crippen LogP contribution in [0.2, 0.25) is 0 Å². The molecule has 0 aromatic carbocycles. The van der Waals surface area contributed by atoms with E-state index in [1.807, 2.05) is 4.90 Å². The van der Waals surface area contributed by atoms with Crippen molar-refractivity contribution in [2.24, 2.45) is 5.73 Å². The molecule has 1 saturated heterocycles. The van der Waals surface area contributed by atoms with Crippen LogP contribution in [0.3, 0.4) is 0 Å². The lowest BCUT2D eigenvalue weighted by Crippen LogP contribution is -2.46. The Morgan fingerprint density at radius 3 is 2.31 bits per heavy atom. The first-order valence-corrected chi connectivity index (χ1v) is 11.0. The van der Waals surface area contributed by atoms with Gasteiger partial charge in [0.05, 0.1) is 0 Å². The summed E-state index contributed by atoms with van der Waals surface area (Å²) < 4.78 is 0. The van der Waals surface area contributed by atoms with Crippen LogP contribution < -0.4 is 11.1 Å². The number of hydrogen-bond acceptors (Lipinski definition) is 3. The van der Waals surface area contributed by atoms with E-state index in [1.54, 1.807) is 0 Å². The molecular weight excluding hydrogens is 326 g/mol. The molecule has 0 saturated carbocycles. The molecule has 1 aliphatic heterocycles. The van der Waals surface area contributed by atoms with Crippen molar-refractivity contribution < 1.29 is 9.59 Å². The topological polar surface area (TPSA) is 75.4 Å². The van der Waals surface area contributed by atoms with Gasteiger partial charge < -0.3 is 16.0 Å². The van der Waals surface area contributed by atoms with Gasteiger partial charge in [-0.25, -0.2) is 0 Å². The van der Waals surface area contributed by atoms with E-state index < -0.39 is 0 Å². The van der Waals surface area contributed by atoms with Crippen molar-refractivity contribution in [2.45, 2.75) is 103 Å². The molecular formula is C21H41N3O2. The summed E-state index contributed by atoms with van der Waals surface area (Å²) in [6, 6.07) is -0.244. The van der Waals surface area contributed by atoms with Gasteiger partial charge in [0.15, 0.2) is 0 Å². The largest absolute Gasteiger partial charge is 0.354 e. The van der Waals surface area contributed by atoms with Gasteiger partial charge in [0.2, 0.25) is 11.8 Å². The second-order valence-corrected chi connectivity index (χ2v) is 7.61. The monoisotopic (exact) mass is 367 g/mol. The Labute approximate surface area is 160 Å². The molecule has 3 N–H and O–H groups in total. The third-order valence-corrected chi connectivity index (χ3v) is 5.30. The lowest BCUT2D eigenvalue weighted by molar-refractivity contribution is -0.138. The Balaban J connectivity index is 2.16. The average molecular weight is 368 g/mol. The van der Waals surface area contributed by atoms with Gasteiger partial charge in [-0.3, -0.25) is 9.59 Å². The fraction of sp³-hybridized carbons (Fsp3) is 0.905. The molecule has 5 heteroatoms. The lowest BCUT2D eigenvalue weighted by Gasteiger charge is -2.24. The molecule has 0 aromatic heterocycles. The van der Waals surface area contributed by atoms with E-state index in [9.17, 15) is 9.59 Å². The zero-order valence-electron chi connectivity index (χ0n) is 16.9. The van der Waals surface area contributed by atoms with E-state index in [0.29, 0.717) is 19.5 Å². The Hall–Kier alpha value is -1.10. The van der Waals surface area contributed by atoms with Crippen LogP contribution >= 0.6 is 0 Å². The number of hydrogen-bond donors (Lipinski definition) is 2. The fourth-order valence-corrected chi connectivity index (χ4v) is 3.67. The first-order chi connectivity index (χ1) is 12.7. The van der Waals surface area contributed by atoms with Crippen LogP contribution in [0.15, 0.2) is 0 Å². The van der Waals surface area contributed by atoms with Crippen molar-refractivity contribution in [3.05, 3.63) is 0 Å². The second kappa shape index (κ2) is 15.0. The Bertz CT molecular complexity index is 387. The van der Waals surface area contributed by atoms with Crippen LogP contribution in [0.4, 0.5) is 0 Å². The van der Waals surface area contributed by atoms with E-state index in [1.165, 1.54) is 38.5 Å². The highest BCUT2D eigenvalue weighted by molar-refractivity contribution is 5.88. The number of nitrogens with one attached hydrogen (secondary N) is 1. The van der Waals surface area contributed by atoms with E-state index in [-0.39, 0.29) is 17.9 Å². The summed E-state index contributed by atoms with van der Waals surface area (Å²) in [5.74, 6) is 0.191. The SMILES string of the molecule is CCCCCCCCCCC(=O)N1CCCC1C(=O)NCCCCCN. The minimum absolute atomic E-state index is 0.0273. The molecule has 1 atom stereocenters. The highest BCUT2D eigenvalue weighted by atomic mass is 16.2. The highest BCUT2D eigenvalue weighted by Gasteiger charge is 2.33. The molecule has 0 radical (unpaired) electrons. The maximum Gasteiger partial charge on any atom is 0.242 e. The van der Waals surface area contributed by atoms with Gasteiger partial charge in [0.25, 0.3) is 0 Å². The summed E-state index contributed by atoms with van der Waals surface area (Å²) in [5, 5.41) is 3.00. The third kappa shape index (κ3) is 9.56. The zero-order valence-corrected chi connectivity index (χ0v) is 16.9. The van der Waals surface area contributed by atoms with Crippen LogP contribution in [0, 0.1) is 0 Å². The van der Waals surface area contributed by atoms with E-state index in [0.717, 1.165) is 51.5 Å². The third-order valence-electron chi connectivity index (χ3n) is 5.30. The highest BCUT2D eigenvalue weighted by Crippen LogP contribution is 2.20. The van der Waals surface area contributed by atoms with E-state index >= 15 is 0 Å². The number of carbonyl (C=O) groups excluding carboxylic acids is 2. The molecule has 152 valence electrons. The zero-order chi connectivity index (χ0) is 19.0. The maximum atomic E-state index is 12.5. The van der Waals surface area contributed by atoms with Crippen LogP contribution in [0.25, 0.3) is 0 Å². The smallest absolute Gasteiger partial charge is 0.242 e. The first-order valence-electron chi connectivity index (χ1n) is 11.0. The lowest BCUT2D eigenvalue weighted by atomic mass is 10.1. The molecule has 1 rings (SSSR count). The molecule has 0 spiro atoms. The molecule has 1 unspecified atom stereocenters. The summed E-state index contributed by atoms with van der Waals surface area (Å²) in [5.41, 5.74) is 5.48. The van der Waals surface area contributed by atoms with E-state index in [2.05, 4.69) is 12.2 Å². The molecule has 0 aromatic rings. The number of nitrogens with zero attached hydrogens (tertiary/aromatic N) is 1. The standard InChI is InChI=1S/C21H41N3O2/c1-2-3-4-5-6-7-8-10-15-20(25)24-18-13-14-19(24)21(26)23-17-12-9-11-16-22/h19H,2-18,22H2,1H3,(H,23,26). The van der Waals surface area contributed by atoms with Gasteiger partial charge in [0, 0.05) is 19.5 Å². The van der Waals surface area contributed by atoms with Crippen molar-refractivity contribution in [2.75, 3.05) is 19.6 Å². The fourth-order valence-electron chi connectivity index (χ4n) is 3.67. The van der Waals surface area contributed by atoms with Gasteiger partial charge in [-0.05, 0) is 38.6 Å². The minimum Gasteiger partial charge on any atom is -0.354 e. The van der Waals surface area contributed by atoms with Crippen molar-refractivity contribution in [1.29, 1.82) is 0 Å². The number of nitrogens with two attached hydrogens (primary N) is 1. The summed E-state index contributed by atoms with van der Waals surface area (Å²) in [6.07, 6.45) is 15.2. The average Bonchev–Trinajstić information content (AvgIpc) is 3.13. The minimum atomic E-state index is -0.244. The number of amides is 2. The van der Waals surface area contributed by atoms with Crippen molar-refractivity contribution in [1.82, 2.24) is 10.2 Å². The molecule has 5 nitrogen and oxygen atoms in total. The molecule has 0 bridgehead atoms. The summed E-state index contributed by atoms with van der Waals surface area (Å²) >= 11 is 0. The van der Waals surface area contributed by atoms with E-state index in [4.69, 9.17) is 5.73 Å². The van der Waals surface area contributed by atoms with Crippen LogP contribution in [0.1, 0.15) is 96.8 Å². The normalized spacial score (nSPS) is 16.8. The van der Waals surface area contributed by atoms with Crippen LogP contribution in [0.5, 0.6) is 0 Å². The summed E-state index contributed by atoms with van der Waals surface area (Å²) in [4.78, 5) is 26.7. The predicted molar refractivity (Wildman–Crippen MR) is 108 cm³/mol. The Morgan fingerprint density at radius 2 is 1.62 bits per heavy atom. The van der Waals surface area contributed by atoms with Gasteiger partial charge in [0.1, 0.15) is 6.04 Å². The Morgan fingerprint density at radius 1 is 0.962 bits per heavy atom. The van der Waals surface area contributed by atoms with Crippen molar-refractivity contribution in [3.63, 3.8) is 0 Å². The van der Waals surface area contributed by atoms with Crippen molar-refractivity contribution >= 4 is 11.8 Å². The second-order valence-electron chi connectivity index (χ2n) is 7.61. The maximum absolute atomic E-state index is 12.5. The number of rotatable bonds is 15. The number of unbranched alkanes of at least 4 members (excludes halogenated alkanes) is 9. The molecule has 1 aliphatic rings. The van der Waals surface area contributed by atoms with Crippen LogP contribution in [-0.4, -0.2) is 42.4 Å². The molecule has 2 amide bonds. The summed E-state index contributed by atoms with van der Waals surface area (Å²) in [7, 11) is 0. The summed E-state index contributed by atoms with van der Waals surface area (Å²) in [6.45, 7) is 4.37. The van der Waals surface area contributed by atoms with Crippen LogP contribution in [-0.2, 0) is 9.59 Å². The quantitative estimate of drug-likeness (QED) is 0.433. The molecule has 1 fully saturated rings. The number of likely N-dealkylation sites (tertiary alicyclic amines) is 1. The first kappa shape index (κ1) is 22.9. The number of carbonyl (C=O) groups is 2. The molecule has 1 heterocycles. The molecule has 26 heavy (non-hydrogen) atoms. The van der Waals surface area contributed by atoms with Crippen molar-refractivity contribution in [3.8, 4) is 0 Å². The van der Waals surface area contributed by atoms with Gasteiger partial charge in [-0.15, -0.1) is 0 Å². The van der Waals surface area contributed by atoms with Gasteiger partial charge >= 0.3 is 0 Å². The molecule has 0 aliphatic carbocycles.